The second kappa shape index (κ2) is 3.22. The van der Waals surface area contributed by atoms with Crippen LogP contribution in [-0.4, -0.2) is 22.1 Å². The first-order valence-electron chi connectivity index (χ1n) is 3.67. The molecule has 66 valence electrons. The maximum Gasteiger partial charge on any atom is 0.264 e. The van der Waals surface area contributed by atoms with E-state index in [1.165, 1.54) is 12.5 Å². The van der Waals surface area contributed by atoms with E-state index in [1.54, 1.807) is 19.4 Å². The highest BCUT2D eigenvalue weighted by Crippen LogP contribution is 2.13. The van der Waals surface area contributed by atoms with Crippen LogP contribution < -0.4 is 4.74 Å². The Morgan fingerprint density at radius 1 is 1.31 bits per heavy atom. The molecule has 5 heteroatoms. The molecule has 0 saturated carbocycles. The zero-order valence-electron chi connectivity index (χ0n) is 6.97. The molecule has 13 heavy (non-hydrogen) atoms. The van der Waals surface area contributed by atoms with Crippen molar-refractivity contribution in [2.45, 2.75) is 0 Å². The van der Waals surface area contributed by atoms with Gasteiger partial charge in [-0.1, -0.05) is 0 Å². The number of nitrogens with zero attached hydrogens (tertiary/aromatic N) is 3. The molecular formula is C8H7N3O2. The third-order valence-electron chi connectivity index (χ3n) is 1.46. The zero-order chi connectivity index (χ0) is 9.10. The standard InChI is InChI=1S/C8H7N3O2/c1-12-6-2-3-9-7(11-6)8-10-4-5-13-8/h2-5H,1H3. The first-order valence-corrected chi connectivity index (χ1v) is 3.67. The molecule has 0 aliphatic heterocycles. The van der Waals surface area contributed by atoms with Crippen molar-refractivity contribution in [1.82, 2.24) is 15.0 Å². The molecule has 0 spiro atoms. The topological polar surface area (TPSA) is 61.0 Å². The first-order chi connectivity index (χ1) is 6.40. The number of oxazole rings is 1. The minimum absolute atomic E-state index is 0.388. The van der Waals surface area contributed by atoms with Gasteiger partial charge in [0.15, 0.2) is 0 Å². The second-order valence-electron chi connectivity index (χ2n) is 2.26. The van der Waals surface area contributed by atoms with Crippen molar-refractivity contribution < 1.29 is 9.15 Å². The largest absolute Gasteiger partial charge is 0.481 e. The summed E-state index contributed by atoms with van der Waals surface area (Å²) in [6, 6.07) is 1.66. The van der Waals surface area contributed by atoms with Gasteiger partial charge in [0.05, 0.1) is 13.3 Å². The van der Waals surface area contributed by atoms with Gasteiger partial charge >= 0.3 is 0 Å². The number of methoxy groups -OCH3 is 1. The summed E-state index contributed by atoms with van der Waals surface area (Å²) < 4.78 is 9.96. The molecule has 0 fully saturated rings. The molecule has 0 unspecified atom stereocenters. The molecule has 0 N–H and O–H groups in total. The number of aromatic nitrogens is 3. The minimum atomic E-state index is 0.388. The van der Waals surface area contributed by atoms with E-state index in [4.69, 9.17) is 9.15 Å². The SMILES string of the molecule is COc1ccnc(-c2ncco2)n1. The van der Waals surface area contributed by atoms with Crippen molar-refractivity contribution in [3.8, 4) is 17.6 Å². The van der Waals surface area contributed by atoms with Gasteiger partial charge in [0.1, 0.15) is 6.26 Å². The fourth-order valence-electron chi connectivity index (χ4n) is 0.893. The molecule has 0 aliphatic carbocycles. The van der Waals surface area contributed by atoms with Crippen LogP contribution in [0.2, 0.25) is 0 Å². The number of hydrogen-bond donors (Lipinski definition) is 0. The summed E-state index contributed by atoms with van der Waals surface area (Å²) in [5.74, 6) is 1.30. The summed E-state index contributed by atoms with van der Waals surface area (Å²) in [5, 5.41) is 0. The number of ether oxygens (including phenoxy) is 1. The van der Waals surface area contributed by atoms with Gasteiger partial charge in [-0.25, -0.2) is 9.97 Å². The molecule has 2 heterocycles. The molecule has 2 rings (SSSR count). The van der Waals surface area contributed by atoms with Crippen LogP contribution in [0.25, 0.3) is 11.7 Å². The lowest BCUT2D eigenvalue weighted by Crippen LogP contribution is -1.92. The summed E-state index contributed by atoms with van der Waals surface area (Å²) in [7, 11) is 1.54. The summed E-state index contributed by atoms with van der Waals surface area (Å²) in [6.45, 7) is 0. The molecule has 0 amide bonds. The van der Waals surface area contributed by atoms with Gasteiger partial charge in [-0.3, -0.25) is 0 Å². The van der Waals surface area contributed by atoms with Gasteiger partial charge in [0, 0.05) is 12.3 Å². The predicted octanol–water partition coefficient (Wildman–Crippen LogP) is 1.14. The van der Waals surface area contributed by atoms with E-state index in [-0.39, 0.29) is 0 Å². The Morgan fingerprint density at radius 3 is 2.92 bits per heavy atom. The highest BCUT2D eigenvalue weighted by molar-refractivity contribution is 5.40. The van der Waals surface area contributed by atoms with Crippen molar-refractivity contribution >= 4 is 0 Å². The molecule has 0 bridgehead atoms. The Kier molecular flexibility index (Phi) is 1.91. The summed E-state index contributed by atoms with van der Waals surface area (Å²) in [4.78, 5) is 11.9. The molecule has 0 radical (unpaired) electrons. The molecule has 0 aliphatic rings. The Bertz CT molecular complexity index is 386. The van der Waals surface area contributed by atoms with Crippen LogP contribution in [0.4, 0.5) is 0 Å². The maximum absolute atomic E-state index is 5.03. The molecule has 0 saturated heterocycles. The average Bonchev–Trinajstić information content (AvgIpc) is 2.71. The van der Waals surface area contributed by atoms with Crippen LogP contribution in [0.1, 0.15) is 0 Å². The van der Waals surface area contributed by atoms with Crippen molar-refractivity contribution in [3.05, 3.63) is 24.7 Å². The molecule has 0 aromatic carbocycles. The lowest BCUT2D eigenvalue weighted by atomic mass is 10.5. The van der Waals surface area contributed by atoms with E-state index in [2.05, 4.69) is 15.0 Å². The fraction of sp³-hybridized carbons (Fsp3) is 0.125. The van der Waals surface area contributed by atoms with E-state index in [0.717, 1.165) is 0 Å². The predicted molar refractivity (Wildman–Crippen MR) is 44.1 cm³/mol. The van der Waals surface area contributed by atoms with Crippen molar-refractivity contribution in [2.24, 2.45) is 0 Å². The molecular weight excluding hydrogens is 170 g/mol. The Morgan fingerprint density at radius 2 is 2.23 bits per heavy atom. The monoisotopic (exact) mass is 177 g/mol. The fourth-order valence-corrected chi connectivity index (χ4v) is 0.893. The normalized spacial score (nSPS) is 9.92. The van der Waals surface area contributed by atoms with E-state index in [0.29, 0.717) is 17.6 Å². The third kappa shape index (κ3) is 1.48. The molecule has 0 atom stereocenters. The lowest BCUT2D eigenvalue weighted by molar-refractivity contribution is 0.396. The van der Waals surface area contributed by atoms with Crippen molar-refractivity contribution in [1.29, 1.82) is 0 Å². The molecule has 5 nitrogen and oxygen atoms in total. The van der Waals surface area contributed by atoms with Gasteiger partial charge in [0.2, 0.25) is 11.7 Å². The van der Waals surface area contributed by atoms with E-state index < -0.39 is 0 Å². The summed E-state index contributed by atoms with van der Waals surface area (Å²) in [6.07, 6.45) is 4.60. The Labute approximate surface area is 74.4 Å². The smallest absolute Gasteiger partial charge is 0.264 e. The van der Waals surface area contributed by atoms with Gasteiger partial charge in [-0.2, -0.15) is 4.98 Å². The van der Waals surface area contributed by atoms with Gasteiger partial charge in [-0.05, 0) is 0 Å². The maximum atomic E-state index is 5.03. The van der Waals surface area contributed by atoms with Crippen LogP contribution in [0.15, 0.2) is 29.1 Å². The lowest BCUT2D eigenvalue weighted by Gasteiger charge is -1.97. The number of hydrogen-bond acceptors (Lipinski definition) is 5. The second-order valence-corrected chi connectivity index (χ2v) is 2.26. The van der Waals surface area contributed by atoms with Crippen LogP contribution in [-0.2, 0) is 0 Å². The van der Waals surface area contributed by atoms with E-state index in [1.807, 2.05) is 0 Å². The highest BCUT2D eigenvalue weighted by Gasteiger charge is 2.06. The van der Waals surface area contributed by atoms with Gasteiger partial charge in [0.25, 0.3) is 5.89 Å². The van der Waals surface area contributed by atoms with E-state index >= 15 is 0 Å². The first kappa shape index (κ1) is 7.72. The van der Waals surface area contributed by atoms with Gasteiger partial charge < -0.3 is 9.15 Å². The van der Waals surface area contributed by atoms with Crippen molar-refractivity contribution in [2.75, 3.05) is 7.11 Å². The molecule has 2 aromatic rings. The summed E-state index contributed by atoms with van der Waals surface area (Å²) in [5.41, 5.74) is 0. The quantitative estimate of drug-likeness (QED) is 0.688. The van der Waals surface area contributed by atoms with Crippen LogP contribution in [0.3, 0.4) is 0 Å². The minimum Gasteiger partial charge on any atom is -0.481 e. The summed E-state index contributed by atoms with van der Waals surface area (Å²) >= 11 is 0. The van der Waals surface area contributed by atoms with Crippen molar-refractivity contribution in [3.63, 3.8) is 0 Å². The van der Waals surface area contributed by atoms with Gasteiger partial charge in [-0.15, -0.1) is 0 Å². The van der Waals surface area contributed by atoms with E-state index in [9.17, 15) is 0 Å². The number of rotatable bonds is 2. The highest BCUT2D eigenvalue weighted by atomic mass is 16.5. The Balaban J connectivity index is 2.41. The third-order valence-corrected chi connectivity index (χ3v) is 1.46. The average molecular weight is 177 g/mol. The molecule has 2 aromatic heterocycles. The van der Waals surface area contributed by atoms with Crippen LogP contribution in [0, 0.1) is 0 Å². The Hall–Kier alpha value is -1.91. The zero-order valence-corrected chi connectivity index (χ0v) is 6.97. The van der Waals surface area contributed by atoms with Crippen LogP contribution in [0.5, 0.6) is 5.88 Å². The van der Waals surface area contributed by atoms with Crippen LogP contribution >= 0.6 is 0 Å².